The fourth-order valence-corrected chi connectivity index (χ4v) is 2.64. The minimum atomic E-state index is 0.0708. The lowest BCUT2D eigenvalue weighted by Crippen LogP contribution is -2.33. The summed E-state index contributed by atoms with van der Waals surface area (Å²) >= 11 is 0. The first-order chi connectivity index (χ1) is 11.5. The van der Waals surface area contributed by atoms with Crippen LogP contribution < -0.4 is 4.74 Å². The van der Waals surface area contributed by atoms with Crippen LogP contribution in [0.2, 0.25) is 0 Å². The Hall–Kier alpha value is -2.08. The molecule has 0 N–H and O–H groups in total. The van der Waals surface area contributed by atoms with E-state index in [4.69, 9.17) is 9.47 Å². The lowest BCUT2D eigenvalue weighted by atomic mass is 10.0. The molecule has 0 bridgehead atoms. The van der Waals surface area contributed by atoms with Gasteiger partial charge in [0, 0.05) is 39.7 Å². The van der Waals surface area contributed by atoms with Crippen molar-refractivity contribution in [3.8, 4) is 5.75 Å². The number of rotatable bonds is 6. The molecular formula is C18H26N2O4. The Balaban J connectivity index is 2.05. The molecule has 132 valence electrons. The van der Waals surface area contributed by atoms with Crippen molar-refractivity contribution in [2.24, 2.45) is 0 Å². The van der Waals surface area contributed by atoms with Crippen LogP contribution in [0.5, 0.6) is 5.75 Å². The van der Waals surface area contributed by atoms with Crippen molar-refractivity contribution in [1.29, 1.82) is 0 Å². The molecule has 1 aromatic rings. The van der Waals surface area contributed by atoms with Crippen molar-refractivity contribution in [3.05, 3.63) is 29.3 Å². The smallest absolute Gasteiger partial charge is 0.225 e. The second-order valence-corrected chi connectivity index (χ2v) is 6.14. The first-order valence-electron chi connectivity index (χ1n) is 8.22. The first-order valence-corrected chi connectivity index (χ1v) is 8.22. The lowest BCUT2D eigenvalue weighted by Gasteiger charge is -2.20. The maximum Gasteiger partial charge on any atom is 0.225 e. The van der Waals surface area contributed by atoms with E-state index in [1.807, 2.05) is 18.2 Å². The van der Waals surface area contributed by atoms with Crippen molar-refractivity contribution in [1.82, 2.24) is 9.80 Å². The van der Waals surface area contributed by atoms with Gasteiger partial charge in [-0.3, -0.25) is 9.59 Å². The van der Waals surface area contributed by atoms with Crippen LogP contribution in [0.4, 0.5) is 0 Å². The quantitative estimate of drug-likeness (QED) is 0.790. The van der Waals surface area contributed by atoms with E-state index in [0.29, 0.717) is 45.6 Å². The van der Waals surface area contributed by atoms with Crippen LogP contribution in [-0.2, 0) is 27.3 Å². The molecule has 0 spiro atoms. The Morgan fingerprint density at radius 1 is 1.29 bits per heavy atom. The Morgan fingerprint density at radius 3 is 2.79 bits per heavy atom. The third-order valence-electron chi connectivity index (χ3n) is 4.10. The topological polar surface area (TPSA) is 59.1 Å². The molecule has 0 atom stereocenters. The number of hydrogen-bond donors (Lipinski definition) is 0. The van der Waals surface area contributed by atoms with Crippen molar-refractivity contribution < 1.29 is 19.1 Å². The van der Waals surface area contributed by atoms with Gasteiger partial charge < -0.3 is 19.3 Å². The summed E-state index contributed by atoms with van der Waals surface area (Å²) in [5, 5.41) is 0. The van der Waals surface area contributed by atoms with Gasteiger partial charge in [-0.25, -0.2) is 0 Å². The van der Waals surface area contributed by atoms with Gasteiger partial charge in [-0.2, -0.15) is 0 Å². The number of ether oxygens (including phenoxy) is 2. The highest BCUT2D eigenvalue weighted by Crippen LogP contribution is 2.25. The zero-order chi connectivity index (χ0) is 17.5. The van der Waals surface area contributed by atoms with E-state index in [9.17, 15) is 9.59 Å². The van der Waals surface area contributed by atoms with Gasteiger partial charge in [0.2, 0.25) is 11.8 Å². The predicted molar refractivity (Wildman–Crippen MR) is 90.9 cm³/mol. The summed E-state index contributed by atoms with van der Waals surface area (Å²) < 4.78 is 10.7. The molecule has 24 heavy (non-hydrogen) atoms. The molecule has 1 aromatic carbocycles. The third kappa shape index (κ3) is 4.96. The lowest BCUT2D eigenvalue weighted by molar-refractivity contribution is -0.133. The van der Waals surface area contributed by atoms with E-state index >= 15 is 0 Å². The molecule has 1 heterocycles. The fourth-order valence-electron chi connectivity index (χ4n) is 2.64. The molecular weight excluding hydrogens is 308 g/mol. The average Bonchev–Trinajstić information content (AvgIpc) is 2.79. The van der Waals surface area contributed by atoms with Crippen molar-refractivity contribution in [2.75, 3.05) is 41.0 Å². The molecule has 0 fully saturated rings. The van der Waals surface area contributed by atoms with Crippen LogP contribution in [0.1, 0.15) is 24.0 Å². The van der Waals surface area contributed by atoms with Gasteiger partial charge in [0.1, 0.15) is 12.4 Å². The molecule has 6 nitrogen and oxygen atoms in total. The molecule has 0 unspecified atom stereocenters. The van der Waals surface area contributed by atoms with Crippen molar-refractivity contribution in [3.63, 3.8) is 0 Å². The second-order valence-electron chi connectivity index (χ2n) is 6.14. The number of methoxy groups -OCH3 is 1. The van der Waals surface area contributed by atoms with E-state index in [2.05, 4.69) is 0 Å². The van der Waals surface area contributed by atoms with Gasteiger partial charge in [0.15, 0.2) is 0 Å². The molecule has 6 heteroatoms. The number of nitrogens with zero attached hydrogens (tertiary/aromatic N) is 2. The number of carbonyl (C=O) groups is 2. The summed E-state index contributed by atoms with van der Waals surface area (Å²) in [4.78, 5) is 27.4. The monoisotopic (exact) mass is 334 g/mol. The number of carbonyl (C=O) groups excluding carboxylic acids is 2. The van der Waals surface area contributed by atoms with Gasteiger partial charge in [-0.15, -0.1) is 0 Å². The fraction of sp³-hybridized carbons (Fsp3) is 0.556. The van der Waals surface area contributed by atoms with Gasteiger partial charge in [-0.1, -0.05) is 12.1 Å². The highest BCUT2D eigenvalue weighted by Gasteiger charge is 2.20. The minimum absolute atomic E-state index is 0.0708. The van der Waals surface area contributed by atoms with E-state index in [-0.39, 0.29) is 11.8 Å². The molecule has 2 rings (SSSR count). The summed E-state index contributed by atoms with van der Waals surface area (Å²) in [7, 11) is 5.11. The van der Waals surface area contributed by atoms with Gasteiger partial charge in [0.25, 0.3) is 0 Å². The first kappa shape index (κ1) is 18.3. The highest BCUT2D eigenvalue weighted by molar-refractivity contribution is 5.76. The Kier molecular flexibility index (Phi) is 6.61. The van der Waals surface area contributed by atoms with Crippen LogP contribution in [0.3, 0.4) is 0 Å². The predicted octanol–water partition coefficient (Wildman–Crippen LogP) is 1.46. The molecule has 1 aliphatic heterocycles. The molecule has 1 aliphatic rings. The van der Waals surface area contributed by atoms with Gasteiger partial charge in [-0.05, 0) is 18.1 Å². The number of aryl methyl sites for hydroxylation is 1. The van der Waals surface area contributed by atoms with Gasteiger partial charge >= 0.3 is 0 Å². The van der Waals surface area contributed by atoms with Gasteiger partial charge in [0.05, 0.1) is 19.6 Å². The van der Waals surface area contributed by atoms with Crippen LogP contribution in [0.25, 0.3) is 0 Å². The van der Waals surface area contributed by atoms with Crippen molar-refractivity contribution >= 4 is 11.8 Å². The molecule has 0 aliphatic carbocycles. The third-order valence-corrected chi connectivity index (χ3v) is 4.10. The van der Waals surface area contributed by atoms with E-state index in [1.54, 1.807) is 31.0 Å². The maximum absolute atomic E-state index is 12.2. The zero-order valence-corrected chi connectivity index (χ0v) is 14.7. The van der Waals surface area contributed by atoms with Crippen LogP contribution >= 0.6 is 0 Å². The van der Waals surface area contributed by atoms with E-state index in [0.717, 1.165) is 16.9 Å². The molecule has 0 saturated carbocycles. The molecule has 2 amide bonds. The Labute approximate surface area is 143 Å². The number of fused-ring (bicyclic) bond motifs is 1. The molecule has 0 radical (unpaired) electrons. The Morgan fingerprint density at radius 2 is 2.08 bits per heavy atom. The largest absolute Gasteiger partial charge is 0.491 e. The summed E-state index contributed by atoms with van der Waals surface area (Å²) in [5.41, 5.74) is 2.08. The highest BCUT2D eigenvalue weighted by atomic mass is 16.5. The average molecular weight is 334 g/mol. The number of amides is 2. The van der Waals surface area contributed by atoms with E-state index in [1.165, 1.54) is 0 Å². The standard InChI is InChI=1S/C18H26N2O4/c1-19(2)17(21)7-5-14-4-6-16-15(12-14)13-20(9-11-24-16)18(22)8-10-23-3/h4,6,12H,5,7-11,13H2,1-3H3. The maximum atomic E-state index is 12.2. The molecule has 0 aromatic heterocycles. The molecule has 0 saturated heterocycles. The summed E-state index contributed by atoms with van der Waals surface area (Å²) in [6.45, 7) is 2.03. The SMILES string of the molecule is COCCC(=O)N1CCOc2ccc(CCC(=O)N(C)C)cc2C1. The van der Waals surface area contributed by atoms with Crippen LogP contribution in [0.15, 0.2) is 18.2 Å². The summed E-state index contributed by atoms with van der Waals surface area (Å²) in [6.07, 6.45) is 1.54. The number of benzene rings is 1. The zero-order valence-electron chi connectivity index (χ0n) is 14.7. The summed E-state index contributed by atoms with van der Waals surface area (Å²) in [6, 6.07) is 5.97. The Bertz CT molecular complexity index is 586. The normalized spacial score (nSPS) is 13.7. The minimum Gasteiger partial charge on any atom is -0.491 e. The van der Waals surface area contributed by atoms with Crippen molar-refractivity contribution in [2.45, 2.75) is 25.8 Å². The van der Waals surface area contributed by atoms with Crippen LogP contribution in [-0.4, -0.2) is 62.6 Å². The summed E-state index contributed by atoms with van der Waals surface area (Å²) in [5.74, 6) is 0.999. The van der Waals surface area contributed by atoms with E-state index < -0.39 is 0 Å². The van der Waals surface area contributed by atoms with Crippen LogP contribution in [0, 0.1) is 0 Å². The number of hydrogen-bond acceptors (Lipinski definition) is 4. The second kappa shape index (κ2) is 8.68.